The summed E-state index contributed by atoms with van der Waals surface area (Å²) in [5.74, 6) is 2.26. The minimum Gasteiger partial charge on any atom is -0.780 e. The van der Waals surface area contributed by atoms with Crippen LogP contribution in [0, 0.1) is 12.3 Å². The number of benzene rings is 1. The molecule has 0 fully saturated rings. The van der Waals surface area contributed by atoms with E-state index in [-0.39, 0.29) is 0 Å². The monoisotopic (exact) mass is 132 g/mol. The Morgan fingerprint density at radius 2 is 1.78 bits per heavy atom. The summed E-state index contributed by atoms with van der Waals surface area (Å²) in [6, 6.07) is 7.11. The highest BCUT2D eigenvalue weighted by Gasteiger charge is 1.69. The second-order valence-corrected chi connectivity index (χ2v) is 2.12. The fourth-order valence-corrected chi connectivity index (χ4v) is 0.674. The van der Waals surface area contributed by atoms with E-state index in [0.29, 0.717) is 0 Å². The Balaban J connectivity index is 3.06. The Morgan fingerprint density at radius 1 is 1.22 bits per heavy atom. The maximum absolute atomic E-state index is 6.73. The summed E-state index contributed by atoms with van der Waals surface area (Å²) in [5, 5.41) is 0. The van der Waals surface area contributed by atoms with Gasteiger partial charge < -0.3 is 19.1 Å². The third kappa shape index (κ3) is 1.45. The Bertz CT molecular complexity index is 228. The van der Waals surface area contributed by atoms with Crippen LogP contribution in [0.25, 0.3) is 0 Å². The standard InChI is InChI=1S/C8H5S/c1-2-7-3-5-8(9)6-4-7/h3-6,9H/q-1/p-1. The molecule has 0 radical (unpaired) electrons. The van der Waals surface area contributed by atoms with Gasteiger partial charge in [0.25, 0.3) is 0 Å². The smallest absolute Gasteiger partial charge is 0.0982 e. The number of rotatable bonds is 0. The lowest BCUT2D eigenvalue weighted by atomic mass is 10.2. The molecule has 0 spiro atoms. The molecule has 0 nitrogen and oxygen atoms in total. The highest BCUT2D eigenvalue weighted by atomic mass is 32.1. The first kappa shape index (κ1) is 6.12. The van der Waals surface area contributed by atoms with Crippen LogP contribution < -0.4 is 0 Å². The Hall–Kier alpha value is -1.00. The third-order valence-corrected chi connectivity index (χ3v) is 1.27. The molecule has 0 aliphatic heterocycles. The van der Waals surface area contributed by atoms with Crippen LogP contribution in [0.5, 0.6) is 0 Å². The maximum atomic E-state index is 6.73. The van der Waals surface area contributed by atoms with Crippen LogP contribution in [0.15, 0.2) is 29.2 Å². The molecule has 0 heterocycles. The summed E-state index contributed by atoms with van der Waals surface area (Å²) in [7, 11) is 0. The lowest BCUT2D eigenvalue weighted by molar-refractivity contribution is 1.46. The molecule has 1 heteroatoms. The Labute approximate surface area is 60.3 Å². The molecule has 1 aromatic rings. The lowest BCUT2D eigenvalue weighted by Gasteiger charge is -2.06. The summed E-state index contributed by atoms with van der Waals surface area (Å²) < 4.78 is 0. The summed E-state index contributed by atoms with van der Waals surface area (Å²) in [6.45, 7) is 0. The average molecular weight is 132 g/mol. The molecule has 9 heavy (non-hydrogen) atoms. The molecular weight excluding hydrogens is 128 g/mol. The number of hydrogen-bond donors (Lipinski definition) is 0. The van der Waals surface area contributed by atoms with Gasteiger partial charge >= 0.3 is 0 Å². The first-order valence-electron chi connectivity index (χ1n) is 2.53. The quantitative estimate of drug-likeness (QED) is 0.293. The van der Waals surface area contributed by atoms with Gasteiger partial charge in [0.15, 0.2) is 0 Å². The zero-order valence-corrected chi connectivity index (χ0v) is 5.53. The zero-order chi connectivity index (χ0) is 6.69. The van der Waals surface area contributed by atoms with E-state index in [4.69, 9.17) is 19.1 Å². The van der Waals surface area contributed by atoms with E-state index in [0.717, 1.165) is 10.5 Å². The van der Waals surface area contributed by atoms with E-state index in [1.54, 1.807) is 24.3 Å². The summed E-state index contributed by atoms with van der Waals surface area (Å²) in [5.41, 5.74) is 0.767. The van der Waals surface area contributed by atoms with Crippen molar-refractivity contribution in [1.82, 2.24) is 0 Å². The van der Waals surface area contributed by atoms with E-state index in [1.165, 1.54) is 0 Å². The SMILES string of the molecule is [C-]#Cc1ccc([S-])cc1. The minimum absolute atomic E-state index is 0.767. The van der Waals surface area contributed by atoms with Gasteiger partial charge in [-0.25, -0.2) is 0 Å². The topological polar surface area (TPSA) is 0 Å². The van der Waals surface area contributed by atoms with Gasteiger partial charge in [-0.1, -0.05) is 12.1 Å². The van der Waals surface area contributed by atoms with Crippen LogP contribution in [-0.4, -0.2) is 0 Å². The maximum Gasteiger partial charge on any atom is -0.0982 e. The van der Waals surface area contributed by atoms with Gasteiger partial charge in [-0.05, 0) is 0 Å². The van der Waals surface area contributed by atoms with E-state index in [9.17, 15) is 0 Å². The molecule has 0 atom stereocenters. The predicted octanol–water partition coefficient (Wildman–Crippen LogP) is 1.53. The minimum atomic E-state index is 0.767. The van der Waals surface area contributed by atoms with Crippen LogP contribution >= 0.6 is 0 Å². The molecule has 0 aliphatic carbocycles. The molecule has 0 amide bonds. The van der Waals surface area contributed by atoms with Crippen molar-refractivity contribution in [3.63, 3.8) is 0 Å². The Morgan fingerprint density at radius 3 is 2.22 bits per heavy atom. The molecule has 0 aromatic heterocycles. The van der Waals surface area contributed by atoms with Crippen LogP contribution in [0.4, 0.5) is 0 Å². The van der Waals surface area contributed by atoms with Crippen LogP contribution in [0.3, 0.4) is 0 Å². The van der Waals surface area contributed by atoms with Gasteiger partial charge in [0.2, 0.25) is 0 Å². The van der Waals surface area contributed by atoms with Crippen molar-refractivity contribution in [3.8, 4) is 5.92 Å². The molecular formula is C8H4S-2. The van der Waals surface area contributed by atoms with Crippen molar-refractivity contribution in [2.45, 2.75) is 4.90 Å². The fraction of sp³-hybridized carbons (Fsp3) is 0. The van der Waals surface area contributed by atoms with E-state index in [2.05, 4.69) is 5.92 Å². The van der Waals surface area contributed by atoms with Crippen LogP contribution in [-0.2, 0) is 12.6 Å². The molecule has 0 N–H and O–H groups in total. The zero-order valence-electron chi connectivity index (χ0n) is 4.72. The molecule has 1 rings (SSSR count). The fourth-order valence-electron chi connectivity index (χ4n) is 0.538. The first-order valence-corrected chi connectivity index (χ1v) is 2.93. The van der Waals surface area contributed by atoms with Crippen molar-refractivity contribution >= 4 is 12.6 Å². The molecule has 0 unspecified atom stereocenters. The van der Waals surface area contributed by atoms with Crippen LogP contribution in [0.2, 0.25) is 0 Å². The van der Waals surface area contributed by atoms with Crippen LogP contribution in [0.1, 0.15) is 5.56 Å². The van der Waals surface area contributed by atoms with Gasteiger partial charge in [0, 0.05) is 0 Å². The highest BCUT2D eigenvalue weighted by Crippen LogP contribution is 2.00. The van der Waals surface area contributed by atoms with Crippen molar-refractivity contribution in [1.29, 1.82) is 0 Å². The second kappa shape index (κ2) is 2.52. The highest BCUT2D eigenvalue weighted by molar-refractivity contribution is 7.58. The summed E-state index contributed by atoms with van der Waals surface area (Å²) in [4.78, 5) is 0.800. The Kier molecular flexibility index (Phi) is 1.72. The lowest BCUT2D eigenvalue weighted by Crippen LogP contribution is -1.72. The van der Waals surface area contributed by atoms with Crippen molar-refractivity contribution < 1.29 is 0 Å². The van der Waals surface area contributed by atoms with Gasteiger partial charge in [-0.3, -0.25) is 5.92 Å². The largest absolute Gasteiger partial charge is 0.780 e. The van der Waals surface area contributed by atoms with Gasteiger partial charge in [0.1, 0.15) is 0 Å². The molecule has 0 saturated carbocycles. The number of hydrogen-bond acceptors (Lipinski definition) is 1. The van der Waals surface area contributed by atoms with Crippen molar-refractivity contribution in [2.24, 2.45) is 0 Å². The summed E-state index contributed by atoms with van der Waals surface area (Å²) in [6.07, 6.45) is 6.73. The van der Waals surface area contributed by atoms with Crippen molar-refractivity contribution in [2.75, 3.05) is 0 Å². The van der Waals surface area contributed by atoms with E-state index in [1.807, 2.05) is 0 Å². The van der Waals surface area contributed by atoms with Gasteiger partial charge in [0.05, 0.1) is 0 Å². The molecule has 0 bridgehead atoms. The first-order chi connectivity index (χ1) is 4.33. The summed E-state index contributed by atoms with van der Waals surface area (Å²) >= 11 is 4.83. The van der Waals surface area contributed by atoms with Gasteiger partial charge in [-0.15, -0.1) is 17.7 Å². The molecule has 44 valence electrons. The third-order valence-electron chi connectivity index (χ3n) is 0.999. The predicted molar refractivity (Wildman–Crippen MR) is 38.3 cm³/mol. The molecule has 0 saturated heterocycles. The van der Waals surface area contributed by atoms with Gasteiger partial charge in [-0.2, -0.15) is 4.90 Å². The molecule has 1 aromatic carbocycles. The second-order valence-electron chi connectivity index (χ2n) is 1.65. The normalized spacial score (nSPS) is 8.33. The van der Waals surface area contributed by atoms with E-state index < -0.39 is 0 Å². The molecule has 0 aliphatic rings. The van der Waals surface area contributed by atoms with E-state index >= 15 is 0 Å². The van der Waals surface area contributed by atoms with Crippen molar-refractivity contribution in [3.05, 3.63) is 36.3 Å². The average Bonchev–Trinajstić information content (AvgIpc) is 1.90.